The number of pyridine rings is 1. The molecule has 0 aliphatic heterocycles. The molecule has 1 aromatic heterocycles. The van der Waals surface area contributed by atoms with Gasteiger partial charge in [-0.15, -0.1) is 6.58 Å². The number of nitrogens with zero attached hydrogens (tertiary/aromatic N) is 1. The first-order valence-corrected chi connectivity index (χ1v) is 5.62. The lowest BCUT2D eigenvalue weighted by atomic mass is 10.0. The Kier molecular flexibility index (Phi) is 5.12. The van der Waals surface area contributed by atoms with E-state index in [4.69, 9.17) is 0 Å². The quantitative estimate of drug-likeness (QED) is 0.747. The highest BCUT2D eigenvalue weighted by Crippen LogP contribution is 2.22. The lowest BCUT2D eigenvalue weighted by molar-refractivity contribution is 0.483. The molecule has 0 fully saturated rings. The second-order valence-electron chi connectivity index (χ2n) is 4.00. The summed E-state index contributed by atoms with van der Waals surface area (Å²) >= 11 is 0. The predicted octanol–water partition coefficient (Wildman–Crippen LogP) is 3.23. The summed E-state index contributed by atoms with van der Waals surface area (Å²) in [6, 6.07) is 1.78. The zero-order valence-electron chi connectivity index (χ0n) is 9.96. The van der Waals surface area contributed by atoms with E-state index < -0.39 is 0 Å². The summed E-state index contributed by atoms with van der Waals surface area (Å²) in [6.45, 7) is 8.70. The molecule has 0 bridgehead atoms. The van der Waals surface area contributed by atoms with Gasteiger partial charge in [-0.2, -0.15) is 0 Å². The zero-order valence-corrected chi connectivity index (χ0v) is 9.96. The van der Waals surface area contributed by atoms with Crippen molar-refractivity contribution in [2.24, 2.45) is 0 Å². The molecule has 1 heterocycles. The fourth-order valence-corrected chi connectivity index (χ4v) is 1.67. The third-order valence-corrected chi connectivity index (χ3v) is 2.49. The van der Waals surface area contributed by atoms with Crippen molar-refractivity contribution < 1.29 is 4.39 Å². The number of allylic oxidation sites excluding steroid dienone is 1. The van der Waals surface area contributed by atoms with Gasteiger partial charge < -0.3 is 5.32 Å². The fraction of sp³-hybridized carbons (Fsp3) is 0.462. The van der Waals surface area contributed by atoms with E-state index in [-0.39, 0.29) is 11.9 Å². The molecule has 0 saturated heterocycles. The number of halogens is 1. The number of rotatable bonds is 6. The highest BCUT2D eigenvalue weighted by atomic mass is 19.1. The van der Waals surface area contributed by atoms with Crippen LogP contribution in [0.25, 0.3) is 0 Å². The van der Waals surface area contributed by atoms with E-state index in [9.17, 15) is 4.39 Å². The Morgan fingerprint density at radius 3 is 2.94 bits per heavy atom. The summed E-state index contributed by atoms with van der Waals surface area (Å²) in [5.74, 6) is -0.241. The molecule has 1 N–H and O–H groups in total. The number of hydrogen-bond acceptors (Lipinski definition) is 2. The molecular weight excluding hydrogens is 203 g/mol. The van der Waals surface area contributed by atoms with E-state index in [1.165, 1.54) is 6.20 Å². The van der Waals surface area contributed by atoms with Gasteiger partial charge in [-0.1, -0.05) is 12.5 Å². The average molecular weight is 222 g/mol. The molecule has 1 rings (SSSR count). The summed E-state index contributed by atoms with van der Waals surface area (Å²) in [6.07, 6.45) is 4.66. The van der Waals surface area contributed by atoms with Crippen molar-refractivity contribution in [3.8, 4) is 0 Å². The Morgan fingerprint density at radius 2 is 2.38 bits per heavy atom. The summed E-state index contributed by atoms with van der Waals surface area (Å²) in [7, 11) is 0. The summed E-state index contributed by atoms with van der Waals surface area (Å²) in [5.41, 5.74) is 1.82. The maximum Gasteiger partial charge on any atom is 0.146 e. The molecule has 3 heteroatoms. The number of aromatic nitrogens is 1. The molecule has 0 aliphatic carbocycles. The van der Waals surface area contributed by atoms with Crippen LogP contribution in [0, 0.1) is 5.82 Å². The molecule has 0 spiro atoms. The van der Waals surface area contributed by atoms with E-state index >= 15 is 0 Å². The third-order valence-electron chi connectivity index (χ3n) is 2.49. The van der Waals surface area contributed by atoms with Gasteiger partial charge >= 0.3 is 0 Å². The van der Waals surface area contributed by atoms with Crippen molar-refractivity contribution in [1.29, 1.82) is 0 Å². The van der Waals surface area contributed by atoms with Crippen molar-refractivity contribution in [2.75, 3.05) is 6.54 Å². The Hall–Kier alpha value is -1.22. The molecule has 0 aromatic carbocycles. The predicted molar refractivity (Wildman–Crippen MR) is 64.7 cm³/mol. The van der Waals surface area contributed by atoms with Gasteiger partial charge in [-0.05, 0) is 32.4 Å². The van der Waals surface area contributed by atoms with Crippen LogP contribution in [0.3, 0.4) is 0 Å². The smallest absolute Gasteiger partial charge is 0.146 e. The van der Waals surface area contributed by atoms with Crippen molar-refractivity contribution in [3.05, 3.63) is 42.0 Å². The molecule has 0 saturated carbocycles. The van der Waals surface area contributed by atoms with Crippen molar-refractivity contribution >= 4 is 0 Å². The minimum absolute atomic E-state index is 0.0460. The Balaban J connectivity index is 2.76. The van der Waals surface area contributed by atoms with Crippen LogP contribution in [-0.2, 0) is 0 Å². The van der Waals surface area contributed by atoms with E-state index in [2.05, 4.69) is 16.9 Å². The van der Waals surface area contributed by atoms with Crippen molar-refractivity contribution in [3.63, 3.8) is 0 Å². The van der Waals surface area contributed by atoms with E-state index in [0.717, 1.165) is 25.0 Å². The van der Waals surface area contributed by atoms with E-state index in [0.29, 0.717) is 5.56 Å². The topological polar surface area (TPSA) is 24.9 Å². The van der Waals surface area contributed by atoms with Crippen LogP contribution in [0.2, 0.25) is 0 Å². The maximum absolute atomic E-state index is 13.6. The molecule has 16 heavy (non-hydrogen) atoms. The minimum atomic E-state index is -0.241. The van der Waals surface area contributed by atoms with Gasteiger partial charge in [0.15, 0.2) is 0 Å². The average Bonchev–Trinajstić information content (AvgIpc) is 2.25. The largest absolute Gasteiger partial charge is 0.310 e. The second-order valence-corrected chi connectivity index (χ2v) is 4.00. The lowest BCUT2D eigenvalue weighted by Gasteiger charge is -2.18. The van der Waals surface area contributed by atoms with Crippen LogP contribution in [0.15, 0.2) is 30.6 Å². The van der Waals surface area contributed by atoms with Crippen LogP contribution in [0.5, 0.6) is 0 Å². The maximum atomic E-state index is 13.6. The van der Waals surface area contributed by atoms with Crippen LogP contribution in [-0.4, -0.2) is 11.5 Å². The van der Waals surface area contributed by atoms with Gasteiger partial charge in [0.05, 0.1) is 6.20 Å². The first-order valence-electron chi connectivity index (χ1n) is 5.62. The van der Waals surface area contributed by atoms with Gasteiger partial charge in [0.25, 0.3) is 0 Å². The molecule has 0 amide bonds. The Morgan fingerprint density at radius 1 is 1.62 bits per heavy atom. The number of hydrogen-bond donors (Lipinski definition) is 1. The fourth-order valence-electron chi connectivity index (χ4n) is 1.67. The highest BCUT2D eigenvalue weighted by molar-refractivity contribution is 5.17. The summed E-state index contributed by atoms with van der Waals surface area (Å²) < 4.78 is 13.6. The summed E-state index contributed by atoms with van der Waals surface area (Å²) in [5, 5.41) is 3.29. The first kappa shape index (κ1) is 12.8. The minimum Gasteiger partial charge on any atom is -0.310 e. The van der Waals surface area contributed by atoms with Gasteiger partial charge in [0.2, 0.25) is 0 Å². The van der Waals surface area contributed by atoms with Gasteiger partial charge in [-0.3, -0.25) is 4.98 Å². The molecule has 1 aromatic rings. The molecule has 1 atom stereocenters. The molecule has 2 nitrogen and oxygen atoms in total. The number of nitrogens with one attached hydrogen (secondary N) is 1. The van der Waals surface area contributed by atoms with Crippen molar-refractivity contribution in [2.45, 2.75) is 32.7 Å². The van der Waals surface area contributed by atoms with Gasteiger partial charge in [0.1, 0.15) is 5.82 Å². The Bertz CT molecular complexity index is 350. The summed E-state index contributed by atoms with van der Waals surface area (Å²) in [4.78, 5) is 3.76. The van der Waals surface area contributed by atoms with Gasteiger partial charge in [0, 0.05) is 17.8 Å². The third kappa shape index (κ3) is 3.74. The zero-order chi connectivity index (χ0) is 12.0. The monoisotopic (exact) mass is 222 g/mol. The molecule has 1 unspecified atom stereocenters. The van der Waals surface area contributed by atoms with Crippen LogP contribution >= 0.6 is 0 Å². The Labute approximate surface area is 96.6 Å². The molecule has 0 aliphatic rings. The van der Waals surface area contributed by atoms with E-state index in [1.807, 2.05) is 13.8 Å². The van der Waals surface area contributed by atoms with Crippen LogP contribution < -0.4 is 5.32 Å². The van der Waals surface area contributed by atoms with Crippen LogP contribution in [0.4, 0.5) is 4.39 Å². The van der Waals surface area contributed by atoms with Gasteiger partial charge in [-0.25, -0.2) is 4.39 Å². The van der Waals surface area contributed by atoms with Crippen molar-refractivity contribution in [1.82, 2.24) is 10.3 Å². The first-order chi connectivity index (χ1) is 7.65. The second kappa shape index (κ2) is 6.38. The van der Waals surface area contributed by atoms with Crippen LogP contribution in [0.1, 0.15) is 38.3 Å². The molecule has 88 valence electrons. The molecule has 0 radical (unpaired) electrons. The van der Waals surface area contributed by atoms with E-state index in [1.54, 1.807) is 12.3 Å². The highest BCUT2D eigenvalue weighted by Gasteiger charge is 2.14. The lowest BCUT2D eigenvalue weighted by Crippen LogP contribution is -2.22. The SMILES string of the molecule is C=C(C)CCC(NCC)c1ccncc1F. The standard InChI is InChI=1S/C13H19FN2/c1-4-16-13(6-5-10(2)3)11-7-8-15-9-12(11)14/h7-9,13,16H,2,4-6H2,1,3H3. The molecular formula is C13H19FN2. The normalized spacial score (nSPS) is 12.4.